The fourth-order valence-corrected chi connectivity index (χ4v) is 7.74. The molecule has 0 nitrogen and oxygen atoms in total. The van der Waals surface area contributed by atoms with Gasteiger partial charge in [0, 0.05) is 20.2 Å². The summed E-state index contributed by atoms with van der Waals surface area (Å²) in [4.78, 5) is 0. The Morgan fingerprint density at radius 3 is 2.00 bits per heavy atom. The topological polar surface area (TPSA) is 0 Å². The van der Waals surface area contributed by atoms with E-state index in [4.69, 9.17) is 0 Å². The van der Waals surface area contributed by atoms with E-state index in [0.29, 0.717) is 0 Å². The summed E-state index contributed by atoms with van der Waals surface area (Å²) in [6.07, 6.45) is 12.3. The molecule has 2 heteroatoms. The molecule has 5 aromatic rings. The molecule has 0 atom stereocenters. The Morgan fingerprint density at radius 1 is 0.636 bits per heavy atom. The number of unbranched alkanes of at least 4 members (excludes halogenated alkanes) is 7. The van der Waals surface area contributed by atoms with Crippen molar-refractivity contribution in [2.75, 3.05) is 0 Å². The van der Waals surface area contributed by atoms with Gasteiger partial charge in [-0.2, -0.15) is 0 Å². The summed E-state index contributed by atoms with van der Waals surface area (Å²) < 4.78 is 5.79. The van der Waals surface area contributed by atoms with Crippen LogP contribution in [0.5, 0.6) is 0 Å². The molecule has 0 aliphatic rings. The third-order valence-electron chi connectivity index (χ3n) is 6.92. The Morgan fingerprint density at radius 2 is 1.27 bits per heavy atom. The summed E-state index contributed by atoms with van der Waals surface area (Å²) in [6.45, 7) is 4.49. The number of thiophene rings is 2. The van der Waals surface area contributed by atoms with Crippen molar-refractivity contribution in [2.24, 2.45) is 0 Å². The lowest BCUT2D eigenvalue weighted by molar-refractivity contribution is 0.575. The SMILES string of the molecule is CCCCCCCCCCc1ccc2c(c1)sc1c3ccc(-c4ccccc4C)cc3sc21. The monoisotopic (exact) mass is 470 g/mol. The fourth-order valence-electron chi connectivity index (χ4n) is 4.98. The van der Waals surface area contributed by atoms with Gasteiger partial charge in [0.1, 0.15) is 0 Å². The molecule has 0 saturated heterocycles. The average Bonchev–Trinajstić information content (AvgIpc) is 3.36. The van der Waals surface area contributed by atoms with Gasteiger partial charge in [0.25, 0.3) is 0 Å². The zero-order valence-electron chi connectivity index (χ0n) is 20.0. The molecule has 0 spiro atoms. The predicted octanol–water partition coefficient (Wildman–Crippen LogP) is 10.9. The molecule has 170 valence electrons. The van der Waals surface area contributed by atoms with Crippen molar-refractivity contribution in [3.8, 4) is 11.1 Å². The van der Waals surface area contributed by atoms with E-state index >= 15 is 0 Å². The molecule has 0 aliphatic heterocycles. The summed E-state index contributed by atoms with van der Waals surface area (Å²) in [6, 6.07) is 22.9. The Balaban J connectivity index is 1.31. The lowest BCUT2D eigenvalue weighted by Crippen LogP contribution is -1.86. The van der Waals surface area contributed by atoms with Gasteiger partial charge in [-0.15, -0.1) is 22.7 Å². The molecule has 5 rings (SSSR count). The predicted molar refractivity (Wildman–Crippen MR) is 151 cm³/mol. The summed E-state index contributed by atoms with van der Waals surface area (Å²) in [5.41, 5.74) is 5.51. The normalized spacial score (nSPS) is 11.8. The number of rotatable bonds is 10. The van der Waals surface area contributed by atoms with Gasteiger partial charge in [0.05, 0.1) is 9.40 Å². The van der Waals surface area contributed by atoms with E-state index in [1.165, 1.54) is 110 Å². The van der Waals surface area contributed by atoms with Gasteiger partial charge < -0.3 is 0 Å². The first-order valence-corrected chi connectivity index (χ1v) is 14.3. The number of hydrogen-bond donors (Lipinski definition) is 0. The second kappa shape index (κ2) is 10.4. The van der Waals surface area contributed by atoms with Crippen molar-refractivity contribution in [1.82, 2.24) is 0 Å². The van der Waals surface area contributed by atoms with E-state index in [2.05, 4.69) is 74.5 Å². The van der Waals surface area contributed by atoms with Crippen molar-refractivity contribution in [3.05, 3.63) is 71.8 Å². The van der Waals surface area contributed by atoms with Crippen LogP contribution in [0.4, 0.5) is 0 Å². The first kappa shape index (κ1) is 22.6. The first-order chi connectivity index (χ1) is 16.2. The molecule has 0 unspecified atom stereocenters. The minimum Gasteiger partial charge on any atom is -0.134 e. The van der Waals surface area contributed by atoms with Crippen LogP contribution >= 0.6 is 22.7 Å². The van der Waals surface area contributed by atoms with E-state index in [0.717, 1.165) is 0 Å². The van der Waals surface area contributed by atoms with Gasteiger partial charge in [-0.25, -0.2) is 0 Å². The van der Waals surface area contributed by atoms with Crippen LogP contribution in [0.1, 0.15) is 69.4 Å². The van der Waals surface area contributed by atoms with Crippen LogP contribution in [-0.2, 0) is 6.42 Å². The van der Waals surface area contributed by atoms with E-state index in [1.807, 2.05) is 22.7 Å². The molecule has 0 bridgehead atoms. The van der Waals surface area contributed by atoms with Crippen molar-refractivity contribution in [1.29, 1.82) is 0 Å². The zero-order valence-corrected chi connectivity index (χ0v) is 21.6. The van der Waals surface area contributed by atoms with E-state index in [-0.39, 0.29) is 0 Å². The van der Waals surface area contributed by atoms with Crippen molar-refractivity contribution in [3.63, 3.8) is 0 Å². The van der Waals surface area contributed by atoms with E-state index < -0.39 is 0 Å². The lowest BCUT2D eigenvalue weighted by Gasteiger charge is -2.05. The quantitative estimate of drug-likeness (QED) is 0.178. The molecule has 33 heavy (non-hydrogen) atoms. The second-order valence-electron chi connectivity index (χ2n) is 9.44. The summed E-state index contributed by atoms with van der Waals surface area (Å²) >= 11 is 3.94. The summed E-state index contributed by atoms with van der Waals surface area (Å²) in [5.74, 6) is 0. The van der Waals surface area contributed by atoms with Gasteiger partial charge in [-0.3, -0.25) is 0 Å². The maximum absolute atomic E-state index is 2.46. The van der Waals surface area contributed by atoms with Crippen molar-refractivity contribution >= 4 is 52.2 Å². The molecule has 2 aromatic heterocycles. The molecular formula is C31H34S2. The highest BCUT2D eigenvalue weighted by molar-refractivity contribution is 7.36. The third-order valence-corrected chi connectivity index (χ3v) is 9.42. The highest BCUT2D eigenvalue weighted by atomic mass is 32.1. The minimum absolute atomic E-state index is 1.22. The third kappa shape index (κ3) is 4.88. The Bertz CT molecular complexity index is 1370. The standard InChI is InChI=1S/C31H34S2/c1-3-4-5-6-7-8-9-10-14-23-16-18-26-28(20-23)32-31-27-19-17-24(21-29(27)33-30(26)31)25-15-12-11-13-22(25)2/h11-13,15-21H,3-10,14H2,1-2H3. The Hall–Kier alpha value is -2.16. The van der Waals surface area contributed by atoms with Gasteiger partial charge in [-0.1, -0.05) is 100 Å². The molecule has 0 saturated carbocycles. The fraction of sp³-hybridized carbons (Fsp3) is 0.355. The van der Waals surface area contributed by atoms with E-state index in [9.17, 15) is 0 Å². The molecule has 0 radical (unpaired) electrons. The molecule has 0 N–H and O–H groups in total. The van der Waals surface area contributed by atoms with Gasteiger partial charge in [0.15, 0.2) is 0 Å². The van der Waals surface area contributed by atoms with Crippen LogP contribution in [0.2, 0.25) is 0 Å². The summed E-state index contributed by atoms with van der Waals surface area (Å²) in [5, 5.41) is 2.85. The smallest absolute Gasteiger partial charge is 0.0542 e. The maximum atomic E-state index is 2.46. The molecular weight excluding hydrogens is 436 g/mol. The molecule has 3 aromatic carbocycles. The highest BCUT2D eigenvalue weighted by Crippen LogP contribution is 2.45. The number of benzene rings is 3. The second-order valence-corrected chi connectivity index (χ2v) is 11.5. The van der Waals surface area contributed by atoms with Crippen LogP contribution < -0.4 is 0 Å². The van der Waals surface area contributed by atoms with Crippen LogP contribution in [0, 0.1) is 6.92 Å². The Kier molecular flexibility index (Phi) is 7.13. The minimum atomic E-state index is 1.22. The Labute approximate surface area is 206 Å². The maximum Gasteiger partial charge on any atom is 0.0542 e. The molecule has 0 aliphatic carbocycles. The number of aryl methyl sites for hydroxylation is 2. The molecule has 0 fully saturated rings. The van der Waals surface area contributed by atoms with Crippen LogP contribution in [0.25, 0.3) is 40.7 Å². The van der Waals surface area contributed by atoms with Gasteiger partial charge in [0.2, 0.25) is 0 Å². The highest BCUT2D eigenvalue weighted by Gasteiger charge is 2.13. The largest absolute Gasteiger partial charge is 0.134 e. The van der Waals surface area contributed by atoms with Crippen molar-refractivity contribution in [2.45, 2.75) is 71.6 Å². The number of hydrogen-bond acceptors (Lipinski definition) is 2. The summed E-state index contributed by atoms with van der Waals surface area (Å²) in [7, 11) is 0. The number of fused-ring (bicyclic) bond motifs is 5. The van der Waals surface area contributed by atoms with Crippen LogP contribution in [0.3, 0.4) is 0 Å². The first-order valence-electron chi connectivity index (χ1n) is 12.7. The molecule has 2 heterocycles. The van der Waals surface area contributed by atoms with Crippen LogP contribution in [0.15, 0.2) is 60.7 Å². The lowest BCUT2D eigenvalue weighted by atomic mass is 10.0. The van der Waals surface area contributed by atoms with Gasteiger partial charge in [-0.05, 0) is 54.2 Å². The molecule has 0 amide bonds. The van der Waals surface area contributed by atoms with Crippen molar-refractivity contribution < 1.29 is 0 Å². The van der Waals surface area contributed by atoms with Gasteiger partial charge >= 0.3 is 0 Å². The van der Waals surface area contributed by atoms with E-state index in [1.54, 1.807) is 0 Å². The zero-order chi connectivity index (χ0) is 22.6. The van der Waals surface area contributed by atoms with Crippen LogP contribution in [-0.4, -0.2) is 0 Å². The average molecular weight is 471 g/mol.